The first kappa shape index (κ1) is 16.3. The SMILES string of the molecule is NC(=O)NCCNC(=O)N[C@@H](Cc1ccccc1)C(=O)O. The molecule has 1 atom stereocenters. The van der Waals surface area contributed by atoms with Crippen LogP contribution in [0.2, 0.25) is 0 Å². The van der Waals surface area contributed by atoms with Crippen molar-refractivity contribution >= 4 is 18.0 Å². The van der Waals surface area contributed by atoms with Gasteiger partial charge in [-0.25, -0.2) is 14.4 Å². The van der Waals surface area contributed by atoms with Gasteiger partial charge < -0.3 is 26.8 Å². The van der Waals surface area contributed by atoms with Gasteiger partial charge in [-0.15, -0.1) is 0 Å². The van der Waals surface area contributed by atoms with Crippen molar-refractivity contribution in [3.8, 4) is 0 Å². The fourth-order valence-corrected chi connectivity index (χ4v) is 1.62. The molecule has 0 saturated heterocycles. The van der Waals surface area contributed by atoms with Gasteiger partial charge in [0.2, 0.25) is 0 Å². The Bertz CT molecular complexity index is 492. The van der Waals surface area contributed by atoms with Crippen LogP contribution in [-0.4, -0.2) is 42.3 Å². The van der Waals surface area contributed by atoms with Crippen LogP contribution in [0.3, 0.4) is 0 Å². The van der Waals surface area contributed by atoms with E-state index in [2.05, 4.69) is 16.0 Å². The van der Waals surface area contributed by atoms with Crippen molar-refractivity contribution in [3.05, 3.63) is 35.9 Å². The lowest BCUT2D eigenvalue weighted by Gasteiger charge is -2.15. The van der Waals surface area contributed by atoms with E-state index in [1.807, 2.05) is 6.07 Å². The molecule has 0 aliphatic carbocycles. The molecule has 4 amide bonds. The number of benzene rings is 1. The van der Waals surface area contributed by atoms with E-state index in [4.69, 9.17) is 10.8 Å². The van der Waals surface area contributed by atoms with Gasteiger partial charge in [0.25, 0.3) is 0 Å². The van der Waals surface area contributed by atoms with Crippen molar-refractivity contribution in [2.45, 2.75) is 12.5 Å². The third-order valence-corrected chi connectivity index (χ3v) is 2.60. The molecule has 21 heavy (non-hydrogen) atoms. The summed E-state index contributed by atoms with van der Waals surface area (Å²) in [7, 11) is 0. The third-order valence-electron chi connectivity index (χ3n) is 2.60. The zero-order chi connectivity index (χ0) is 15.7. The predicted octanol–water partition coefficient (Wildman–Crippen LogP) is -0.350. The molecule has 0 aliphatic rings. The second-order valence-corrected chi connectivity index (χ2v) is 4.27. The molecule has 0 heterocycles. The number of carbonyl (C=O) groups excluding carboxylic acids is 2. The summed E-state index contributed by atoms with van der Waals surface area (Å²) in [5.74, 6) is -1.12. The number of nitrogens with one attached hydrogen (secondary N) is 3. The highest BCUT2D eigenvalue weighted by atomic mass is 16.4. The molecule has 0 fully saturated rings. The summed E-state index contributed by atoms with van der Waals surface area (Å²) < 4.78 is 0. The maximum Gasteiger partial charge on any atom is 0.326 e. The Morgan fingerprint density at radius 1 is 1.10 bits per heavy atom. The van der Waals surface area contributed by atoms with E-state index >= 15 is 0 Å². The van der Waals surface area contributed by atoms with Gasteiger partial charge in [-0.05, 0) is 5.56 Å². The first-order chi connectivity index (χ1) is 9.99. The number of carboxylic acids is 1. The lowest BCUT2D eigenvalue weighted by Crippen LogP contribution is -2.48. The molecule has 0 aromatic heterocycles. The van der Waals surface area contributed by atoms with Crippen molar-refractivity contribution in [2.75, 3.05) is 13.1 Å². The molecule has 0 saturated carbocycles. The summed E-state index contributed by atoms with van der Waals surface area (Å²) in [4.78, 5) is 33.1. The second-order valence-electron chi connectivity index (χ2n) is 4.27. The van der Waals surface area contributed by atoms with Gasteiger partial charge in [0, 0.05) is 19.5 Å². The van der Waals surface area contributed by atoms with E-state index in [1.54, 1.807) is 24.3 Å². The van der Waals surface area contributed by atoms with Crippen LogP contribution < -0.4 is 21.7 Å². The van der Waals surface area contributed by atoms with Crippen molar-refractivity contribution in [2.24, 2.45) is 5.73 Å². The minimum atomic E-state index is -1.12. The van der Waals surface area contributed by atoms with E-state index in [-0.39, 0.29) is 19.5 Å². The van der Waals surface area contributed by atoms with Crippen LogP contribution in [0.1, 0.15) is 5.56 Å². The standard InChI is InChI=1S/C13H18N4O4/c14-12(20)15-6-7-16-13(21)17-10(11(18)19)8-9-4-2-1-3-5-9/h1-5,10H,6-8H2,(H,18,19)(H3,14,15,20)(H2,16,17,21)/t10-/m0/s1. The molecular formula is C13H18N4O4. The highest BCUT2D eigenvalue weighted by Crippen LogP contribution is 2.03. The van der Waals surface area contributed by atoms with Crippen LogP contribution in [0.25, 0.3) is 0 Å². The number of nitrogens with two attached hydrogens (primary N) is 1. The highest BCUT2D eigenvalue weighted by molar-refractivity contribution is 5.82. The van der Waals surface area contributed by atoms with Crippen LogP contribution in [0, 0.1) is 0 Å². The Hall–Kier alpha value is -2.77. The van der Waals surface area contributed by atoms with Crippen LogP contribution in [0.5, 0.6) is 0 Å². The molecule has 1 rings (SSSR count). The maximum absolute atomic E-state index is 11.6. The van der Waals surface area contributed by atoms with E-state index in [9.17, 15) is 14.4 Å². The molecule has 0 unspecified atom stereocenters. The van der Waals surface area contributed by atoms with E-state index in [0.29, 0.717) is 0 Å². The number of amides is 4. The second kappa shape index (κ2) is 8.41. The van der Waals surface area contributed by atoms with E-state index < -0.39 is 24.1 Å². The molecular weight excluding hydrogens is 276 g/mol. The topological polar surface area (TPSA) is 134 Å². The number of aliphatic carboxylic acids is 1. The van der Waals surface area contributed by atoms with Gasteiger partial charge in [0.1, 0.15) is 6.04 Å². The minimum absolute atomic E-state index is 0.145. The van der Waals surface area contributed by atoms with E-state index in [0.717, 1.165) is 5.56 Å². The minimum Gasteiger partial charge on any atom is -0.480 e. The van der Waals surface area contributed by atoms with Gasteiger partial charge in [0.05, 0.1) is 0 Å². The summed E-state index contributed by atoms with van der Waals surface area (Å²) in [5.41, 5.74) is 5.67. The van der Waals surface area contributed by atoms with Crippen LogP contribution >= 0.6 is 0 Å². The Morgan fingerprint density at radius 3 is 2.29 bits per heavy atom. The number of urea groups is 2. The van der Waals surface area contributed by atoms with Gasteiger partial charge in [-0.3, -0.25) is 0 Å². The van der Waals surface area contributed by atoms with Crippen LogP contribution in [-0.2, 0) is 11.2 Å². The Labute approximate surface area is 121 Å². The third kappa shape index (κ3) is 6.81. The Balaban J connectivity index is 2.41. The summed E-state index contributed by atoms with van der Waals surface area (Å²) in [6.07, 6.45) is 0.184. The first-order valence-corrected chi connectivity index (χ1v) is 6.33. The molecule has 1 aromatic carbocycles. The van der Waals surface area contributed by atoms with E-state index in [1.165, 1.54) is 0 Å². The Morgan fingerprint density at radius 2 is 1.71 bits per heavy atom. The van der Waals surface area contributed by atoms with Crippen molar-refractivity contribution in [1.82, 2.24) is 16.0 Å². The molecule has 1 aromatic rings. The zero-order valence-electron chi connectivity index (χ0n) is 11.3. The number of rotatable bonds is 7. The quantitative estimate of drug-likeness (QED) is 0.439. The average molecular weight is 294 g/mol. The molecule has 8 heteroatoms. The fraction of sp³-hybridized carbons (Fsp3) is 0.308. The number of hydrogen-bond donors (Lipinski definition) is 5. The van der Waals surface area contributed by atoms with Crippen molar-refractivity contribution < 1.29 is 19.5 Å². The van der Waals surface area contributed by atoms with Gasteiger partial charge in [-0.1, -0.05) is 30.3 Å². The highest BCUT2D eigenvalue weighted by Gasteiger charge is 2.19. The Kier molecular flexibility index (Phi) is 6.52. The largest absolute Gasteiger partial charge is 0.480 e. The molecule has 8 nitrogen and oxygen atoms in total. The van der Waals surface area contributed by atoms with Crippen molar-refractivity contribution in [3.63, 3.8) is 0 Å². The summed E-state index contributed by atoms with van der Waals surface area (Å²) >= 11 is 0. The monoisotopic (exact) mass is 294 g/mol. The van der Waals surface area contributed by atoms with Gasteiger partial charge in [-0.2, -0.15) is 0 Å². The fourth-order valence-electron chi connectivity index (χ4n) is 1.62. The smallest absolute Gasteiger partial charge is 0.326 e. The van der Waals surface area contributed by atoms with Crippen molar-refractivity contribution in [1.29, 1.82) is 0 Å². The number of carbonyl (C=O) groups is 3. The number of carboxylic acid groups (broad SMARTS) is 1. The average Bonchev–Trinajstić information content (AvgIpc) is 2.44. The molecule has 0 spiro atoms. The summed E-state index contributed by atoms with van der Waals surface area (Å²) in [5, 5.41) is 16.2. The number of hydrogen-bond acceptors (Lipinski definition) is 3. The molecule has 0 aliphatic heterocycles. The number of primary amides is 1. The van der Waals surface area contributed by atoms with Crippen LogP contribution in [0.15, 0.2) is 30.3 Å². The predicted molar refractivity (Wildman–Crippen MR) is 75.7 cm³/mol. The summed E-state index contributed by atoms with van der Waals surface area (Å²) in [6.45, 7) is 0.311. The van der Waals surface area contributed by atoms with Gasteiger partial charge in [0.15, 0.2) is 0 Å². The van der Waals surface area contributed by atoms with Gasteiger partial charge >= 0.3 is 18.0 Å². The lowest BCUT2D eigenvalue weighted by atomic mass is 10.1. The molecule has 114 valence electrons. The first-order valence-electron chi connectivity index (χ1n) is 6.33. The van der Waals surface area contributed by atoms with Crippen LogP contribution in [0.4, 0.5) is 9.59 Å². The maximum atomic E-state index is 11.6. The zero-order valence-corrected chi connectivity index (χ0v) is 11.3. The molecule has 6 N–H and O–H groups in total. The lowest BCUT2D eigenvalue weighted by molar-refractivity contribution is -0.139. The molecule has 0 radical (unpaired) electrons. The summed E-state index contributed by atoms with van der Waals surface area (Å²) in [6, 6.07) is 6.64. The molecule has 0 bridgehead atoms. The normalized spacial score (nSPS) is 11.2.